The van der Waals surface area contributed by atoms with Crippen molar-refractivity contribution in [1.29, 1.82) is 0 Å². The number of nitrogens with zero attached hydrogens (tertiary/aromatic N) is 2. The lowest BCUT2D eigenvalue weighted by atomic mass is 9.94. The molecule has 3 atom stereocenters. The van der Waals surface area contributed by atoms with E-state index in [0.29, 0.717) is 39.1 Å². The number of allylic oxidation sites excluding steroid dienone is 8. The zero-order valence-corrected chi connectivity index (χ0v) is 62.9. The summed E-state index contributed by atoms with van der Waals surface area (Å²) in [6.07, 6.45) is 78.4. The monoisotopic (exact) mass is 1320 g/mol. The Balaban J connectivity index is 3.25. The van der Waals surface area contributed by atoms with E-state index in [4.69, 9.17) is 18.9 Å². The maximum absolute atomic E-state index is 15.1. The van der Waals surface area contributed by atoms with E-state index in [2.05, 4.69) is 93.0 Å². The van der Waals surface area contributed by atoms with Crippen molar-refractivity contribution < 1.29 is 38.4 Å². The van der Waals surface area contributed by atoms with Crippen molar-refractivity contribution >= 4 is 17.9 Å². The number of unbranched alkanes of at least 4 members (excludes halogenated alkanes) is 37. The Labute approximate surface area is 583 Å². The van der Waals surface area contributed by atoms with Crippen LogP contribution in [0.2, 0.25) is 0 Å². The third-order valence-corrected chi connectivity index (χ3v) is 19.4. The normalized spacial score (nSPS) is 14.3. The Morgan fingerprint density at radius 1 is 0.415 bits per heavy atom. The number of aliphatic hydroxyl groups excluding tert-OH is 1. The van der Waals surface area contributed by atoms with Gasteiger partial charge < -0.3 is 24.1 Å². The van der Waals surface area contributed by atoms with Gasteiger partial charge in [-0.1, -0.05) is 295 Å². The standard InChI is InChI=1S/C84H156N2O8/c1-6-11-16-21-25-28-30-32-34-36-38-40-43-46-50-57-65-80(66-58-51-47-44-41-39-37-35-33-31-29-26-22-17-12-7-2)94-84(90)81(67-68-82(88)92-74-61-69-85-71-75-91-76-72-85)86(77-79(87)64-56-49-45-42-27-23-18-13-8-3)70-59-52-53-60-73-93-83(89)78(62-54-20-15-10-5)63-55-48-24-19-14-9-4/h25-26,28-29,32-35,78-81,87H,6-24,27,30-31,36-77H2,1-5H3/b28-25+,29-26+,34-32+,35-33+. The van der Waals surface area contributed by atoms with Crippen molar-refractivity contribution in [3.8, 4) is 0 Å². The molecule has 10 nitrogen and oxygen atoms in total. The van der Waals surface area contributed by atoms with E-state index in [0.717, 1.165) is 168 Å². The highest BCUT2D eigenvalue weighted by Gasteiger charge is 2.32. The zero-order valence-electron chi connectivity index (χ0n) is 62.9. The van der Waals surface area contributed by atoms with Gasteiger partial charge in [-0.25, -0.2) is 0 Å². The van der Waals surface area contributed by atoms with E-state index in [1.54, 1.807) is 0 Å². The van der Waals surface area contributed by atoms with Gasteiger partial charge in [-0.05, 0) is 141 Å². The number of hydrogen-bond donors (Lipinski definition) is 1. The topological polar surface area (TPSA) is 115 Å². The van der Waals surface area contributed by atoms with Crippen LogP contribution in [0, 0.1) is 5.92 Å². The minimum Gasteiger partial charge on any atom is -0.466 e. The number of hydrogen-bond acceptors (Lipinski definition) is 10. The Morgan fingerprint density at radius 2 is 0.798 bits per heavy atom. The molecular formula is C84H156N2O8. The molecule has 1 aliphatic rings. The van der Waals surface area contributed by atoms with Crippen LogP contribution in [0.4, 0.5) is 0 Å². The Hall–Kier alpha value is -2.79. The van der Waals surface area contributed by atoms with Crippen LogP contribution >= 0.6 is 0 Å². The molecule has 3 unspecified atom stereocenters. The first-order valence-corrected chi connectivity index (χ1v) is 41.1. The molecule has 94 heavy (non-hydrogen) atoms. The number of esters is 3. The van der Waals surface area contributed by atoms with Gasteiger partial charge in [-0.2, -0.15) is 0 Å². The molecule has 1 rings (SSSR count). The van der Waals surface area contributed by atoms with Gasteiger partial charge >= 0.3 is 17.9 Å². The molecule has 0 bridgehead atoms. The van der Waals surface area contributed by atoms with Crippen LogP contribution in [0.3, 0.4) is 0 Å². The molecule has 0 saturated carbocycles. The van der Waals surface area contributed by atoms with Crippen LogP contribution < -0.4 is 0 Å². The average Bonchev–Trinajstić information content (AvgIpc) is 1.16. The fraction of sp³-hybridized carbons (Fsp3) is 0.869. The number of rotatable bonds is 72. The van der Waals surface area contributed by atoms with Gasteiger partial charge in [0.25, 0.3) is 0 Å². The molecule has 1 saturated heterocycles. The van der Waals surface area contributed by atoms with E-state index in [1.807, 2.05) is 0 Å². The van der Waals surface area contributed by atoms with Crippen molar-refractivity contribution in [3.05, 3.63) is 48.6 Å². The highest BCUT2D eigenvalue weighted by atomic mass is 16.5. The van der Waals surface area contributed by atoms with Gasteiger partial charge in [0.05, 0.1) is 38.4 Å². The van der Waals surface area contributed by atoms with Gasteiger partial charge in [0.1, 0.15) is 12.1 Å². The highest BCUT2D eigenvalue weighted by Crippen LogP contribution is 2.24. The van der Waals surface area contributed by atoms with Crippen LogP contribution in [-0.4, -0.2) is 110 Å². The smallest absolute Gasteiger partial charge is 0.323 e. The second-order valence-corrected chi connectivity index (χ2v) is 28.3. The summed E-state index contributed by atoms with van der Waals surface area (Å²) in [5.74, 6) is -0.543. The Kier molecular flexibility index (Phi) is 67.9. The van der Waals surface area contributed by atoms with Crippen molar-refractivity contribution in [2.24, 2.45) is 5.92 Å². The van der Waals surface area contributed by atoms with Crippen LogP contribution in [0.5, 0.6) is 0 Å². The van der Waals surface area contributed by atoms with Crippen molar-refractivity contribution in [2.45, 2.75) is 406 Å². The second kappa shape index (κ2) is 71.5. The summed E-state index contributed by atoms with van der Waals surface area (Å²) < 4.78 is 24.2. The van der Waals surface area contributed by atoms with Crippen LogP contribution in [0.1, 0.15) is 388 Å². The molecule has 0 aromatic heterocycles. The fourth-order valence-electron chi connectivity index (χ4n) is 13.2. The molecular weight excluding hydrogens is 1160 g/mol. The minimum absolute atomic E-state index is 0.00178. The summed E-state index contributed by atoms with van der Waals surface area (Å²) in [5.41, 5.74) is 0. The lowest BCUT2D eigenvalue weighted by molar-refractivity contribution is -0.158. The lowest BCUT2D eigenvalue weighted by Gasteiger charge is -2.33. The van der Waals surface area contributed by atoms with E-state index >= 15 is 4.79 Å². The lowest BCUT2D eigenvalue weighted by Crippen LogP contribution is -2.47. The molecule has 0 aromatic carbocycles. The molecule has 0 spiro atoms. The number of carbonyl (C=O) groups is 3. The fourth-order valence-corrected chi connectivity index (χ4v) is 13.2. The Bertz CT molecular complexity index is 1700. The summed E-state index contributed by atoms with van der Waals surface area (Å²) in [6.45, 7) is 17.2. The average molecular weight is 1320 g/mol. The van der Waals surface area contributed by atoms with Gasteiger partial charge in [0.2, 0.25) is 0 Å². The third-order valence-electron chi connectivity index (χ3n) is 19.4. The molecule has 1 N–H and O–H groups in total. The van der Waals surface area contributed by atoms with Crippen molar-refractivity contribution in [3.63, 3.8) is 0 Å². The Morgan fingerprint density at radius 3 is 1.29 bits per heavy atom. The molecule has 1 fully saturated rings. The zero-order chi connectivity index (χ0) is 67.9. The second-order valence-electron chi connectivity index (χ2n) is 28.3. The predicted octanol–water partition coefficient (Wildman–Crippen LogP) is 23.7. The van der Waals surface area contributed by atoms with E-state index in [9.17, 15) is 14.7 Å². The summed E-state index contributed by atoms with van der Waals surface area (Å²) in [7, 11) is 0. The van der Waals surface area contributed by atoms with Crippen LogP contribution in [0.15, 0.2) is 48.6 Å². The summed E-state index contributed by atoms with van der Waals surface area (Å²) in [6, 6.07) is -0.672. The van der Waals surface area contributed by atoms with Crippen LogP contribution in [0.25, 0.3) is 0 Å². The van der Waals surface area contributed by atoms with E-state index < -0.39 is 12.1 Å². The molecule has 550 valence electrons. The maximum atomic E-state index is 15.1. The largest absolute Gasteiger partial charge is 0.466 e. The molecule has 1 heterocycles. The maximum Gasteiger partial charge on any atom is 0.323 e. The van der Waals surface area contributed by atoms with Gasteiger partial charge in [-0.15, -0.1) is 0 Å². The predicted molar refractivity (Wildman–Crippen MR) is 403 cm³/mol. The van der Waals surface area contributed by atoms with E-state index in [1.165, 1.54) is 199 Å². The van der Waals surface area contributed by atoms with Gasteiger partial charge in [0.15, 0.2) is 0 Å². The van der Waals surface area contributed by atoms with E-state index in [-0.39, 0.29) is 36.4 Å². The third kappa shape index (κ3) is 59.3. The summed E-state index contributed by atoms with van der Waals surface area (Å²) >= 11 is 0. The summed E-state index contributed by atoms with van der Waals surface area (Å²) in [4.78, 5) is 46.8. The van der Waals surface area contributed by atoms with Crippen molar-refractivity contribution in [1.82, 2.24) is 9.80 Å². The van der Waals surface area contributed by atoms with Crippen LogP contribution in [-0.2, 0) is 33.3 Å². The SMILES string of the molecule is CCCCC/C=C/C/C=C/CCCCCCCCC(CCCCCCCC/C=C/C/C=C/CCCCC)OC(=O)C(CCC(=O)OCCCN1CCOCC1)N(CCCCCCOC(=O)C(CCCCCC)CCCCCCCC)CC(O)CCCCCCCCCCC. The molecule has 0 amide bonds. The first kappa shape index (κ1) is 89.2. The van der Waals surface area contributed by atoms with Crippen molar-refractivity contribution in [2.75, 3.05) is 59.2 Å². The first-order chi connectivity index (χ1) is 46.3. The first-order valence-electron chi connectivity index (χ1n) is 41.1. The molecule has 0 radical (unpaired) electrons. The van der Waals surface area contributed by atoms with Gasteiger partial charge in [0, 0.05) is 32.6 Å². The molecule has 0 aromatic rings. The minimum atomic E-state index is -0.672. The number of morpholine rings is 1. The van der Waals surface area contributed by atoms with Gasteiger partial charge in [-0.3, -0.25) is 24.2 Å². The number of carbonyl (C=O) groups excluding carboxylic acids is 3. The number of ether oxygens (including phenoxy) is 4. The quantitative estimate of drug-likeness (QED) is 0.0273. The molecule has 1 aliphatic heterocycles. The molecule has 10 heteroatoms. The summed E-state index contributed by atoms with van der Waals surface area (Å²) in [5, 5.41) is 11.9. The highest BCUT2D eigenvalue weighted by molar-refractivity contribution is 5.77. The number of aliphatic hydroxyl groups is 1. The molecule has 0 aliphatic carbocycles.